The van der Waals surface area contributed by atoms with Crippen LogP contribution in [0.3, 0.4) is 0 Å². The molecule has 0 aliphatic heterocycles. The summed E-state index contributed by atoms with van der Waals surface area (Å²) in [6.07, 6.45) is 0. The first kappa shape index (κ1) is 8.34. The molecule has 0 aliphatic rings. The fourth-order valence-electron chi connectivity index (χ4n) is 0.942. The standard InChI is InChI=1S/C8H11ClN2/c1-4-5(2)8(10)11-6(3)7(4)9/h1-3H3,(H2,10,11). The highest BCUT2D eigenvalue weighted by molar-refractivity contribution is 6.32. The molecule has 0 unspecified atom stereocenters. The van der Waals surface area contributed by atoms with Gasteiger partial charge in [-0.3, -0.25) is 0 Å². The molecule has 3 heteroatoms. The van der Waals surface area contributed by atoms with Gasteiger partial charge in [0.2, 0.25) is 0 Å². The summed E-state index contributed by atoms with van der Waals surface area (Å²) < 4.78 is 0. The minimum Gasteiger partial charge on any atom is -0.383 e. The largest absolute Gasteiger partial charge is 0.383 e. The molecule has 0 atom stereocenters. The first-order chi connectivity index (χ1) is 5.04. The lowest BCUT2D eigenvalue weighted by molar-refractivity contribution is 1.15. The number of hydrogen-bond acceptors (Lipinski definition) is 2. The SMILES string of the molecule is Cc1nc(N)c(C)c(C)c1Cl. The maximum atomic E-state index is 5.94. The van der Waals surface area contributed by atoms with Gasteiger partial charge >= 0.3 is 0 Å². The molecule has 0 saturated heterocycles. The molecule has 60 valence electrons. The fraction of sp³-hybridized carbons (Fsp3) is 0.375. The quantitative estimate of drug-likeness (QED) is 0.649. The molecule has 0 spiro atoms. The van der Waals surface area contributed by atoms with E-state index in [-0.39, 0.29) is 0 Å². The maximum Gasteiger partial charge on any atom is 0.126 e. The average molecular weight is 171 g/mol. The Hall–Kier alpha value is -0.760. The summed E-state index contributed by atoms with van der Waals surface area (Å²) in [4.78, 5) is 4.08. The van der Waals surface area contributed by atoms with Gasteiger partial charge in [0, 0.05) is 0 Å². The Balaban J connectivity index is 3.46. The summed E-state index contributed by atoms with van der Waals surface area (Å²) in [6.45, 7) is 5.72. The predicted molar refractivity (Wildman–Crippen MR) is 47.9 cm³/mol. The summed E-state index contributed by atoms with van der Waals surface area (Å²) in [5, 5.41) is 0.719. The molecule has 1 aromatic rings. The smallest absolute Gasteiger partial charge is 0.126 e. The van der Waals surface area contributed by atoms with Gasteiger partial charge < -0.3 is 5.73 Å². The molecule has 2 N–H and O–H groups in total. The van der Waals surface area contributed by atoms with E-state index in [4.69, 9.17) is 17.3 Å². The van der Waals surface area contributed by atoms with E-state index < -0.39 is 0 Å². The molecule has 1 aromatic heterocycles. The lowest BCUT2D eigenvalue weighted by Gasteiger charge is -2.07. The average Bonchev–Trinajstić information content (AvgIpc) is 1.97. The van der Waals surface area contributed by atoms with Crippen molar-refractivity contribution in [3.8, 4) is 0 Å². The second-order valence-electron chi connectivity index (χ2n) is 2.65. The highest BCUT2D eigenvalue weighted by Gasteiger charge is 2.06. The monoisotopic (exact) mass is 170 g/mol. The zero-order valence-corrected chi connectivity index (χ0v) is 7.66. The van der Waals surface area contributed by atoms with E-state index in [1.54, 1.807) is 0 Å². The molecule has 2 nitrogen and oxygen atoms in total. The van der Waals surface area contributed by atoms with Crippen LogP contribution in [0, 0.1) is 20.8 Å². The molecule has 0 fully saturated rings. The fourth-order valence-corrected chi connectivity index (χ4v) is 1.13. The van der Waals surface area contributed by atoms with Crippen LogP contribution in [0.1, 0.15) is 16.8 Å². The zero-order valence-electron chi connectivity index (χ0n) is 6.90. The van der Waals surface area contributed by atoms with E-state index in [1.165, 1.54) is 0 Å². The van der Waals surface area contributed by atoms with Gasteiger partial charge in [0.25, 0.3) is 0 Å². The third-order valence-corrected chi connectivity index (χ3v) is 2.44. The van der Waals surface area contributed by atoms with Gasteiger partial charge in [0.1, 0.15) is 5.82 Å². The van der Waals surface area contributed by atoms with Gasteiger partial charge in [-0.1, -0.05) is 11.6 Å². The lowest BCUT2D eigenvalue weighted by atomic mass is 10.1. The van der Waals surface area contributed by atoms with Gasteiger partial charge in [-0.15, -0.1) is 0 Å². The summed E-state index contributed by atoms with van der Waals surface area (Å²) >= 11 is 5.94. The van der Waals surface area contributed by atoms with Crippen LogP contribution in [0.4, 0.5) is 5.82 Å². The van der Waals surface area contributed by atoms with Gasteiger partial charge in [-0.25, -0.2) is 4.98 Å². The van der Waals surface area contributed by atoms with Gasteiger partial charge in [-0.2, -0.15) is 0 Å². The number of nitrogen functional groups attached to an aromatic ring is 1. The number of pyridine rings is 1. The van der Waals surface area contributed by atoms with Crippen LogP contribution in [0.25, 0.3) is 0 Å². The Morgan fingerprint density at radius 3 is 2.27 bits per heavy atom. The van der Waals surface area contributed by atoms with Gasteiger partial charge in [0.05, 0.1) is 10.7 Å². The number of nitrogens with two attached hydrogens (primary N) is 1. The number of halogens is 1. The van der Waals surface area contributed by atoms with Crippen LogP contribution in [0.5, 0.6) is 0 Å². The van der Waals surface area contributed by atoms with Crippen LogP contribution in [-0.4, -0.2) is 4.98 Å². The minimum atomic E-state index is 0.574. The first-order valence-electron chi connectivity index (χ1n) is 3.42. The van der Waals surface area contributed by atoms with Crippen molar-refractivity contribution in [1.82, 2.24) is 4.98 Å². The van der Waals surface area contributed by atoms with E-state index in [2.05, 4.69) is 4.98 Å². The number of hydrogen-bond donors (Lipinski definition) is 1. The van der Waals surface area contributed by atoms with Crippen molar-refractivity contribution >= 4 is 17.4 Å². The number of nitrogens with zero attached hydrogens (tertiary/aromatic N) is 1. The van der Waals surface area contributed by atoms with Crippen molar-refractivity contribution in [3.63, 3.8) is 0 Å². The number of aryl methyl sites for hydroxylation is 1. The molecule has 0 aromatic carbocycles. The third kappa shape index (κ3) is 1.31. The van der Waals surface area contributed by atoms with Crippen molar-refractivity contribution in [3.05, 3.63) is 21.8 Å². The van der Waals surface area contributed by atoms with Crippen molar-refractivity contribution in [2.75, 3.05) is 5.73 Å². The first-order valence-corrected chi connectivity index (χ1v) is 3.80. The van der Waals surface area contributed by atoms with E-state index >= 15 is 0 Å². The molecule has 0 bridgehead atoms. The normalized spacial score (nSPS) is 10.2. The Labute approximate surface area is 71.4 Å². The zero-order chi connectivity index (χ0) is 8.59. The molecule has 11 heavy (non-hydrogen) atoms. The summed E-state index contributed by atoms with van der Waals surface area (Å²) in [5.74, 6) is 0.574. The topological polar surface area (TPSA) is 38.9 Å². The molecular weight excluding hydrogens is 160 g/mol. The molecule has 0 aliphatic carbocycles. The maximum absolute atomic E-state index is 5.94. The van der Waals surface area contributed by atoms with Gasteiger partial charge in [0.15, 0.2) is 0 Å². The van der Waals surface area contributed by atoms with Crippen LogP contribution in [-0.2, 0) is 0 Å². The van der Waals surface area contributed by atoms with Gasteiger partial charge in [-0.05, 0) is 31.9 Å². The minimum absolute atomic E-state index is 0.574. The van der Waals surface area contributed by atoms with E-state index in [0.717, 1.165) is 21.8 Å². The lowest BCUT2D eigenvalue weighted by Crippen LogP contribution is -1.99. The van der Waals surface area contributed by atoms with Crippen LogP contribution >= 0.6 is 11.6 Å². The molecule has 0 amide bonds. The number of rotatable bonds is 0. The molecule has 1 rings (SSSR count). The van der Waals surface area contributed by atoms with Crippen molar-refractivity contribution in [2.24, 2.45) is 0 Å². The predicted octanol–water partition coefficient (Wildman–Crippen LogP) is 2.24. The van der Waals surface area contributed by atoms with Crippen molar-refractivity contribution in [2.45, 2.75) is 20.8 Å². The molecule has 0 radical (unpaired) electrons. The summed E-state index contributed by atoms with van der Waals surface area (Å²) in [5.41, 5.74) is 8.42. The van der Waals surface area contributed by atoms with Crippen molar-refractivity contribution in [1.29, 1.82) is 0 Å². The second kappa shape index (κ2) is 2.70. The summed E-state index contributed by atoms with van der Waals surface area (Å²) in [6, 6.07) is 0. The number of anilines is 1. The van der Waals surface area contributed by atoms with Crippen LogP contribution in [0.15, 0.2) is 0 Å². The Bertz CT molecular complexity index is 268. The Morgan fingerprint density at radius 1 is 1.18 bits per heavy atom. The van der Waals surface area contributed by atoms with E-state index in [9.17, 15) is 0 Å². The Morgan fingerprint density at radius 2 is 1.73 bits per heavy atom. The highest BCUT2D eigenvalue weighted by Crippen LogP contribution is 2.24. The number of aromatic nitrogens is 1. The second-order valence-corrected chi connectivity index (χ2v) is 3.02. The summed E-state index contributed by atoms with van der Waals surface area (Å²) in [7, 11) is 0. The Kier molecular flexibility index (Phi) is 2.05. The van der Waals surface area contributed by atoms with Crippen LogP contribution in [0.2, 0.25) is 5.02 Å². The van der Waals surface area contributed by atoms with E-state index in [1.807, 2.05) is 20.8 Å². The van der Waals surface area contributed by atoms with Crippen molar-refractivity contribution < 1.29 is 0 Å². The third-order valence-electron chi connectivity index (χ3n) is 1.88. The van der Waals surface area contributed by atoms with Crippen LogP contribution < -0.4 is 5.73 Å². The molecule has 0 saturated carbocycles. The molecule has 1 heterocycles. The molecular formula is C8H11ClN2. The van der Waals surface area contributed by atoms with E-state index in [0.29, 0.717) is 5.82 Å². The highest BCUT2D eigenvalue weighted by atomic mass is 35.5.